The lowest BCUT2D eigenvalue weighted by molar-refractivity contribution is -0.129. The SMILES string of the molecule is O=C1CCC(O)CN1I. The summed E-state index contributed by atoms with van der Waals surface area (Å²) in [5.41, 5.74) is 0. The van der Waals surface area contributed by atoms with Crippen LogP contribution in [0.4, 0.5) is 0 Å². The first-order valence-electron chi connectivity index (χ1n) is 2.84. The van der Waals surface area contributed by atoms with Crippen LogP contribution in [-0.2, 0) is 4.79 Å². The minimum absolute atomic E-state index is 0.126. The largest absolute Gasteiger partial charge is 0.391 e. The molecule has 4 heteroatoms. The molecule has 0 aromatic heterocycles. The Kier molecular flexibility index (Phi) is 2.29. The van der Waals surface area contributed by atoms with Crippen molar-refractivity contribution in [3.8, 4) is 0 Å². The quantitative estimate of drug-likeness (QED) is 0.490. The van der Waals surface area contributed by atoms with E-state index in [0.29, 0.717) is 19.4 Å². The maximum atomic E-state index is 10.7. The Balaban J connectivity index is 2.44. The van der Waals surface area contributed by atoms with Gasteiger partial charge in [-0.25, -0.2) is 0 Å². The minimum atomic E-state index is -0.306. The first-order chi connectivity index (χ1) is 4.20. The number of aliphatic hydroxyl groups is 1. The molecule has 1 rings (SSSR count). The van der Waals surface area contributed by atoms with Crippen LogP contribution in [0, 0.1) is 0 Å². The third-order valence-corrected chi connectivity index (χ3v) is 2.27. The highest BCUT2D eigenvalue weighted by molar-refractivity contribution is 14.1. The highest BCUT2D eigenvalue weighted by atomic mass is 127. The topological polar surface area (TPSA) is 40.5 Å². The van der Waals surface area contributed by atoms with Crippen molar-refractivity contribution >= 4 is 28.8 Å². The number of aliphatic hydroxyl groups excluding tert-OH is 1. The summed E-state index contributed by atoms with van der Waals surface area (Å²) in [7, 11) is 0. The van der Waals surface area contributed by atoms with Crippen LogP contribution >= 0.6 is 22.9 Å². The second-order valence-electron chi connectivity index (χ2n) is 2.13. The number of hydrogen-bond acceptors (Lipinski definition) is 2. The number of hydrogen-bond donors (Lipinski definition) is 1. The number of β-amino-alcohol motifs (C(OH)–C–C–N with tert-alkyl or cyclic N) is 1. The normalized spacial score (nSPS) is 28.9. The number of rotatable bonds is 0. The molecule has 0 aromatic carbocycles. The fourth-order valence-electron chi connectivity index (χ4n) is 0.790. The van der Waals surface area contributed by atoms with Crippen molar-refractivity contribution in [3.63, 3.8) is 0 Å². The van der Waals surface area contributed by atoms with Gasteiger partial charge in [0.05, 0.1) is 35.5 Å². The molecule has 1 atom stereocenters. The molecule has 1 heterocycles. The standard InChI is InChI=1S/C5H8INO2/c6-7-3-4(8)1-2-5(7)9/h4,8H,1-3H2. The van der Waals surface area contributed by atoms with E-state index in [1.165, 1.54) is 3.11 Å². The molecule has 0 aliphatic carbocycles. The van der Waals surface area contributed by atoms with Gasteiger partial charge in [0.2, 0.25) is 5.91 Å². The monoisotopic (exact) mass is 241 g/mol. The Morgan fingerprint density at radius 2 is 2.44 bits per heavy atom. The highest BCUT2D eigenvalue weighted by Crippen LogP contribution is 2.14. The van der Waals surface area contributed by atoms with Gasteiger partial charge < -0.3 is 5.11 Å². The van der Waals surface area contributed by atoms with Gasteiger partial charge in [0, 0.05) is 6.42 Å². The highest BCUT2D eigenvalue weighted by Gasteiger charge is 2.21. The lowest BCUT2D eigenvalue weighted by Gasteiger charge is -2.23. The average molecular weight is 241 g/mol. The van der Waals surface area contributed by atoms with Gasteiger partial charge in [-0.2, -0.15) is 0 Å². The second-order valence-corrected chi connectivity index (χ2v) is 3.30. The smallest absolute Gasteiger partial charge is 0.231 e. The van der Waals surface area contributed by atoms with E-state index >= 15 is 0 Å². The molecule has 52 valence electrons. The maximum absolute atomic E-state index is 10.7. The number of carbonyl (C=O) groups excluding carboxylic acids is 1. The number of halogens is 1. The zero-order valence-corrected chi connectivity index (χ0v) is 7.04. The van der Waals surface area contributed by atoms with Crippen molar-refractivity contribution in [2.24, 2.45) is 0 Å². The van der Waals surface area contributed by atoms with Crippen LogP contribution < -0.4 is 0 Å². The molecule has 1 saturated heterocycles. The summed E-state index contributed by atoms with van der Waals surface area (Å²) in [6.45, 7) is 0.486. The molecule has 0 radical (unpaired) electrons. The van der Waals surface area contributed by atoms with Crippen LogP contribution in [0.1, 0.15) is 12.8 Å². The minimum Gasteiger partial charge on any atom is -0.391 e. The van der Waals surface area contributed by atoms with Gasteiger partial charge in [0.1, 0.15) is 0 Å². The lowest BCUT2D eigenvalue weighted by atomic mass is 10.1. The Morgan fingerprint density at radius 3 is 2.89 bits per heavy atom. The summed E-state index contributed by atoms with van der Waals surface area (Å²) in [6, 6.07) is 0. The Morgan fingerprint density at radius 1 is 1.78 bits per heavy atom. The van der Waals surface area contributed by atoms with E-state index in [-0.39, 0.29) is 12.0 Å². The van der Waals surface area contributed by atoms with Crippen molar-refractivity contribution in [1.82, 2.24) is 3.11 Å². The lowest BCUT2D eigenvalue weighted by Crippen LogP contribution is -2.35. The molecule has 1 unspecified atom stereocenters. The van der Waals surface area contributed by atoms with Crippen molar-refractivity contribution < 1.29 is 9.90 Å². The van der Waals surface area contributed by atoms with Gasteiger partial charge >= 0.3 is 0 Å². The summed E-state index contributed by atoms with van der Waals surface area (Å²) in [5, 5.41) is 9.00. The number of nitrogens with zero attached hydrogens (tertiary/aromatic N) is 1. The molecule has 0 spiro atoms. The van der Waals surface area contributed by atoms with Crippen LogP contribution in [0.25, 0.3) is 0 Å². The third-order valence-electron chi connectivity index (χ3n) is 1.33. The van der Waals surface area contributed by atoms with E-state index < -0.39 is 0 Å². The molecule has 0 aromatic rings. The molecule has 3 nitrogen and oxygen atoms in total. The van der Waals surface area contributed by atoms with Gasteiger partial charge in [-0.05, 0) is 6.42 Å². The van der Waals surface area contributed by atoms with E-state index in [2.05, 4.69) is 0 Å². The van der Waals surface area contributed by atoms with Crippen molar-refractivity contribution in [2.45, 2.75) is 18.9 Å². The predicted molar refractivity (Wildman–Crippen MR) is 41.0 cm³/mol. The first kappa shape index (κ1) is 7.27. The van der Waals surface area contributed by atoms with Crippen molar-refractivity contribution in [1.29, 1.82) is 0 Å². The summed E-state index contributed by atoms with van der Waals surface area (Å²) in [6.07, 6.45) is 0.808. The van der Waals surface area contributed by atoms with Gasteiger partial charge in [0.15, 0.2) is 0 Å². The molecule has 0 saturated carbocycles. The molecule has 0 bridgehead atoms. The summed E-state index contributed by atoms with van der Waals surface area (Å²) < 4.78 is 1.53. The Labute approximate surface area is 67.5 Å². The van der Waals surface area contributed by atoms with Crippen LogP contribution in [0.15, 0.2) is 0 Å². The Hall–Kier alpha value is 0.160. The van der Waals surface area contributed by atoms with Crippen molar-refractivity contribution in [2.75, 3.05) is 6.54 Å². The molecule has 1 amide bonds. The van der Waals surface area contributed by atoms with Gasteiger partial charge in [0.25, 0.3) is 0 Å². The second kappa shape index (κ2) is 2.83. The van der Waals surface area contributed by atoms with Crippen LogP contribution in [0.3, 0.4) is 0 Å². The fourth-order valence-corrected chi connectivity index (χ4v) is 1.49. The number of piperidine rings is 1. The molecule has 1 aliphatic heterocycles. The summed E-state index contributed by atoms with van der Waals surface area (Å²) in [4.78, 5) is 10.7. The van der Waals surface area contributed by atoms with Crippen molar-refractivity contribution in [3.05, 3.63) is 0 Å². The van der Waals surface area contributed by atoms with Crippen LogP contribution in [0.5, 0.6) is 0 Å². The van der Waals surface area contributed by atoms with E-state index in [1.807, 2.05) is 22.9 Å². The zero-order chi connectivity index (χ0) is 6.85. The van der Waals surface area contributed by atoms with E-state index in [0.717, 1.165) is 0 Å². The first-order valence-corrected chi connectivity index (χ1v) is 3.81. The maximum Gasteiger partial charge on any atom is 0.231 e. The Bertz CT molecular complexity index is 128. The van der Waals surface area contributed by atoms with Gasteiger partial charge in [-0.3, -0.25) is 7.91 Å². The number of amides is 1. The fraction of sp³-hybridized carbons (Fsp3) is 0.800. The van der Waals surface area contributed by atoms with Gasteiger partial charge in [-0.15, -0.1) is 0 Å². The van der Waals surface area contributed by atoms with E-state index in [1.54, 1.807) is 0 Å². The molecule has 1 aliphatic rings. The third kappa shape index (κ3) is 1.79. The van der Waals surface area contributed by atoms with E-state index in [9.17, 15) is 4.79 Å². The van der Waals surface area contributed by atoms with Gasteiger partial charge in [-0.1, -0.05) is 0 Å². The predicted octanol–water partition coefficient (Wildman–Crippen LogP) is 0.320. The average Bonchev–Trinajstić information content (AvgIpc) is 1.80. The molecule has 1 fully saturated rings. The summed E-state index contributed by atoms with van der Waals surface area (Å²) >= 11 is 1.92. The zero-order valence-electron chi connectivity index (χ0n) is 4.88. The van der Waals surface area contributed by atoms with Crippen LogP contribution in [0.2, 0.25) is 0 Å². The number of carbonyl (C=O) groups is 1. The molecule has 9 heavy (non-hydrogen) atoms. The summed E-state index contributed by atoms with van der Waals surface area (Å²) in [5.74, 6) is 0.126. The van der Waals surface area contributed by atoms with E-state index in [4.69, 9.17) is 5.11 Å². The molecule has 1 N–H and O–H groups in total. The molecular formula is C5H8INO2. The van der Waals surface area contributed by atoms with Crippen LogP contribution in [-0.4, -0.2) is 26.8 Å². The molecular weight excluding hydrogens is 233 g/mol.